The van der Waals surface area contributed by atoms with Crippen LogP contribution in [0.3, 0.4) is 0 Å². The van der Waals surface area contributed by atoms with Gasteiger partial charge in [0.2, 0.25) is 5.91 Å². The minimum atomic E-state index is -2.55. The monoisotopic (exact) mass is 635 g/mol. The van der Waals surface area contributed by atoms with E-state index >= 15 is 0 Å². The van der Waals surface area contributed by atoms with Gasteiger partial charge in [-0.15, -0.1) is 0 Å². The van der Waals surface area contributed by atoms with E-state index in [1.54, 1.807) is 61.7 Å². The minimum absolute atomic E-state index is 0.0937. The van der Waals surface area contributed by atoms with Crippen molar-refractivity contribution in [2.75, 3.05) is 54.8 Å². The zero-order valence-electron chi connectivity index (χ0n) is 24.3. The van der Waals surface area contributed by atoms with Crippen molar-refractivity contribution in [3.05, 3.63) is 71.8 Å². The highest BCUT2D eigenvalue weighted by Crippen LogP contribution is 2.37. The van der Waals surface area contributed by atoms with Gasteiger partial charge in [-0.25, -0.2) is 18.5 Å². The molecular weight excluding hydrogens is 602 g/mol. The second kappa shape index (κ2) is 13.4. The van der Waals surface area contributed by atoms with Crippen LogP contribution in [0.4, 0.5) is 28.7 Å². The number of amides is 1. The number of para-hydroxylation sites is 2. The van der Waals surface area contributed by atoms with Crippen molar-refractivity contribution >= 4 is 68.5 Å². The third kappa shape index (κ3) is 6.79. The van der Waals surface area contributed by atoms with Gasteiger partial charge in [-0.3, -0.25) is 19.1 Å². The molecule has 0 saturated carbocycles. The number of nitrogens with zero attached hydrogens (tertiary/aromatic N) is 5. The first kappa shape index (κ1) is 30.2. The standard InChI is InChI=1S/C31H34ClN7O4S/c1-43-24-12-13-25(32)28(17-24)35-30-31(36-27-11-4-3-10-26(27)34-30)39(44(41)42)22-9-7-8-21(16-22)33-29(40)20-37-18-23(19-37)38-14-5-2-6-15-38/h3-4,7-13,16-17,23H,2,5-6,14-15,18-20H2,1H3,(H,33,40)(H,34,35)(H,41,42). The second-order valence-corrected chi connectivity index (χ2v) is 12.2. The molecule has 13 heteroatoms. The number of methoxy groups -OCH3 is 1. The summed E-state index contributed by atoms with van der Waals surface area (Å²) in [5.41, 5.74) is 2.42. The summed E-state index contributed by atoms with van der Waals surface area (Å²) in [6.07, 6.45) is 3.80. The molecule has 1 aromatic heterocycles. The van der Waals surface area contributed by atoms with Gasteiger partial charge in [0, 0.05) is 30.9 Å². The average Bonchev–Trinajstić information content (AvgIpc) is 3.00. The Morgan fingerprint density at radius 3 is 2.52 bits per heavy atom. The Morgan fingerprint density at radius 2 is 1.80 bits per heavy atom. The van der Waals surface area contributed by atoms with Crippen LogP contribution in [0.5, 0.6) is 5.75 Å². The zero-order valence-corrected chi connectivity index (χ0v) is 25.9. The van der Waals surface area contributed by atoms with Crippen LogP contribution in [0.2, 0.25) is 5.02 Å². The van der Waals surface area contributed by atoms with Crippen molar-refractivity contribution < 1.29 is 18.3 Å². The smallest absolute Gasteiger partial charge is 0.268 e. The quantitative estimate of drug-likeness (QED) is 0.196. The van der Waals surface area contributed by atoms with E-state index in [2.05, 4.69) is 20.4 Å². The number of fused-ring (bicyclic) bond motifs is 1. The Labute approximate surface area is 263 Å². The molecule has 2 fully saturated rings. The van der Waals surface area contributed by atoms with Gasteiger partial charge in [0.25, 0.3) is 11.3 Å². The summed E-state index contributed by atoms with van der Waals surface area (Å²) in [5.74, 6) is 0.725. The molecule has 2 saturated heterocycles. The predicted molar refractivity (Wildman–Crippen MR) is 174 cm³/mol. The van der Waals surface area contributed by atoms with Crippen molar-refractivity contribution in [2.24, 2.45) is 0 Å². The molecule has 2 aliphatic rings. The molecule has 1 amide bonds. The number of likely N-dealkylation sites (tertiary alicyclic amines) is 2. The molecule has 230 valence electrons. The number of carbonyl (C=O) groups is 1. The van der Waals surface area contributed by atoms with Gasteiger partial charge in [0.05, 0.1) is 41.1 Å². The number of hydrogen-bond donors (Lipinski definition) is 3. The third-order valence-electron chi connectivity index (χ3n) is 7.90. The first-order chi connectivity index (χ1) is 21.4. The lowest BCUT2D eigenvalue weighted by Gasteiger charge is -2.46. The number of halogens is 1. The molecule has 4 aromatic rings. The van der Waals surface area contributed by atoms with Crippen LogP contribution < -0.4 is 19.7 Å². The molecule has 0 radical (unpaired) electrons. The number of ether oxygens (including phenoxy) is 1. The molecule has 1 unspecified atom stereocenters. The molecule has 3 heterocycles. The molecule has 0 spiro atoms. The maximum atomic E-state index is 12.9. The second-order valence-electron chi connectivity index (χ2n) is 10.9. The van der Waals surface area contributed by atoms with Gasteiger partial charge in [-0.2, -0.15) is 0 Å². The SMILES string of the molecule is COc1ccc(Cl)c(Nc2nc3ccccc3nc2N(c2cccc(NC(=O)CN3CC(N4CCCCC4)C3)c2)S(=O)O)c1. The fraction of sp³-hybridized carbons (Fsp3) is 0.323. The molecule has 0 bridgehead atoms. The van der Waals surface area contributed by atoms with Crippen LogP contribution in [0.1, 0.15) is 19.3 Å². The summed E-state index contributed by atoms with van der Waals surface area (Å²) in [6, 6.07) is 19.6. The number of nitrogens with one attached hydrogen (secondary N) is 2. The molecule has 1 atom stereocenters. The topological polar surface area (TPSA) is 123 Å². The van der Waals surface area contributed by atoms with E-state index < -0.39 is 11.3 Å². The number of carbonyl (C=O) groups excluding carboxylic acids is 1. The molecule has 3 aromatic carbocycles. The molecule has 2 aliphatic heterocycles. The Morgan fingerprint density at radius 1 is 1.05 bits per heavy atom. The summed E-state index contributed by atoms with van der Waals surface area (Å²) >= 11 is 3.92. The number of benzene rings is 3. The lowest BCUT2D eigenvalue weighted by molar-refractivity contribution is -0.119. The van der Waals surface area contributed by atoms with Crippen molar-refractivity contribution in [2.45, 2.75) is 25.3 Å². The van der Waals surface area contributed by atoms with E-state index in [0.717, 1.165) is 30.5 Å². The van der Waals surface area contributed by atoms with E-state index in [1.165, 1.54) is 19.3 Å². The van der Waals surface area contributed by atoms with E-state index in [9.17, 15) is 13.6 Å². The summed E-state index contributed by atoms with van der Waals surface area (Å²) in [7, 11) is 1.55. The maximum Gasteiger partial charge on any atom is 0.268 e. The van der Waals surface area contributed by atoms with Gasteiger partial charge in [0.1, 0.15) is 5.75 Å². The summed E-state index contributed by atoms with van der Waals surface area (Å²) in [6.45, 7) is 4.35. The zero-order chi connectivity index (χ0) is 30.6. The molecular formula is C31H34ClN7O4S. The molecule has 3 N–H and O–H groups in total. The lowest BCUT2D eigenvalue weighted by Crippen LogP contribution is -2.61. The fourth-order valence-electron chi connectivity index (χ4n) is 5.66. The van der Waals surface area contributed by atoms with E-state index in [0.29, 0.717) is 44.9 Å². The van der Waals surface area contributed by atoms with Crippen LogP contribution in [0, 0.1) is 0 Å². The minimum Gasteiger partial charge on any atom is -0.497 e. The molecule has 11 nitrogen and oxygen atoms in total. The maximum absolute atomic E-state index is 12.9. The largest absolute Gasteiger partial charge is 0.497 e. The Bertz CT molecular complexity index is 1680. The Balaban J connectivity index is 1.24. The van der Waals surface area contributed by atoms with E-state index in [1.807, 2.05) is 12.1 Å². The van der Waals surface area contributed by atoms with Crippen molar-refractivity contribution in [1.29, 1.82) is 0 Å². The Kier molecular flexibility index (Phi) is 9.24. The van der Waals surface area contributed by atoms with E-state index in [-0.39, 0.29) is 24.1 Å². The number of aromatic nitrogens is 2. The first-order valence-corrected chi connectivity index (χ1v) is 16.0. The summed E-state index contributed by atoms with van der Waals surface area (Å²) < 4.78 is 29.9. The highest BCUT2D eigenvalue weighted by atomic mass is 35.5. The van der Waals surface area contributed by atoms with Gasteiger partial charge < -0.3 is 15.4 Å². The number of rotatable bonds is 10. The number of hydrogen-bond acceptors (Lipinski definition) is 8. The van der Waals surface area contributed by atoms with Crippen LogP contribution in [-0.4, -0.2) is 80.3 Å². The molecule has 6 rings (SSSR count). The lowest BCUT2D eigenvalue weighted by atomic mass is 10.0. The average molecular weight is 636 g/mol. The first-order valence-electron chi connectivity index (χ1n) is 14.5. The van der Waals surface area contributed by atoms with Crippen LogP contribution >= 0.6 is 11.6 Å². The third-order valence-corrected chi connectivity index (χ3v) is 8.93. The summed E-state index contributed by atoms with van der Waals surface area (Å²) in [4.78, 5) is 27.0. The van der Waals surface area contributed by atoms with Gasteiger partial charge in [-0.1, -0.05) is 36.2 Å². The van der Waals surface area contributed by atoms with Gasteiger partial charge in [-0.05, 0) is 68.4 Å². The van der Waals surface area contributed by atoms with Crippen molar-refractivity contribution in [1.82, 2.24) is 19.8 Å². The van der Waals surface area contributed by atoms with Gasteiger partial charge in [0.15, 0.2) is 11.6 Å². The summed E-state index contributed by atoms with van der Waals surface area (Å²) in [5, 5.41) is 6.51. The predicted octanol–water partition coefficient (Wildman–Crippen LogP) is 5.42. The molecule has 0 aliphatic carbocycles. The van der Waals surface area contributed by atoms with Gasteiger partial charge >= 0.3 is 0 Å². The van der Waals surface area contributed by atoms with Crippen LogP contribution in [0.15, 0.2) is 66.7 Å². The van der Waals surface area contributed by atoms with Crippen LogP contribution in [-0.2, 0) is 16.1 Å². The van der Waals surface area contributed by atoms with Crippen LogP contribution in [0.25, 0.3) is 11.0 Å². The van der Waals surface area contributed by atoms with Crippen molar-refractivity contribution in [3.63, 3.8) is 0 Å². The molecule has 44 heavy (non-hydrogen) atoms. The van der Waals surface area contributed by atoms with Crippen molar-refractivity contribution in [3.8, 4) is 5.75 Å². The Hall–Kier alpha value is -3.81. The fourth-order valence-corrected chi connectivity index (χ4v) is 6.39. The highest BCUT2D eigenvalue weighted by Gasteiger charge is 2.33. The van der Waals surface area contributed by atoms with E-state index in [4.69, 9.17) is 26.3 Å². The number of anilines is 5. The normalized spacial score (nSPS) is 16.7. The highest BCUT2D eigenvalue weighted by molar-refractivity contribution is 7.81. The number of piperidine rings is 1.